The van der Waals surface area contributed by atoms with Crippen LogP contribution in [-0.4, -0.2) is 29.4 Å². The van der Waals surface area contributed by atoms with E-state index in [0.29, 0.717) is 0 Å². The third-order valence-electron chi connectivity index (χ3n) is 4.07. The highest BCUT2D eigenvalue weighted by atomic mass is 35.5. The second-order valence-corrected chi connectivity index (χ2v) is 8.97. The standard InChI is InChI=1S/C17H15ClF3N3O2S/c1-11-7-9-16(18,10-8-11)15-22-14(17(19,20)21)23-24(15)12-3-5-13(6-4-12)27(2,25)26/h3-9H,10H2,1-2H3. The summed E-state index contributed by atoms with van der Waals surface area (Å²) in [5, 5.41) is 3.58. The van der Waals surface area contributed by atoms with E-state index in [2.05, 4.69) is 10.1 Å². The Balaban J connectivity index is 2.15. The Hall–Kier alpha value is -2.13. The van der Waals surface area contributed by atoms with Gasteiger partial charge in [-0.2, -0.15) is 13.2 Å². The molecule has 1 aliphatic carbocycles. The summed E-state index contributed by atoms with van der Waals surface area (Å²) in [6.07, 6.45) is 1.62. The van der Waals surface area contributed by atoms with E-state index >= 15 is 0 Å². The summed E-state index contributed by atoms with van der Waals surface area (Å²) < 4.78 is 63.7. The number of sulfone groups is 1. The van der Waals surface area contributed by atoms with E-state index in [1.165, 1.54) is 24.3 Å². The second kappa shape index (κ2) is 6.49. The Labute approximate surface area is 159 Å². The fourth-order valence-corrected chi connectivity index (χ4v) is 3.48. The van der Waals surface area contributed by atoms with Gasteiger partial charge in [-0.15, -0.1) is 16.7 Å². The van der Waals surface area contributed by atoms with Crippen LogP contribution < -0.4 is 0 Å². The van der Waals surface area contributed by atoms with Gasteiger partial charge in [-0.25, -0.2) is 18.1 Å². The lowest BCUT2D eigenvalue weighted by Crippen LogP contribution is -2.23. The van der Waals surface area contributed by atoms with Crippen LogP contribution in [-0.2, 0) is 20.9 Å². The number of hydrogen-bond donors (Lipinski definition) is 0. The number of rotatable bonds is 3. The smallest absolute Gasteiger partial charge is 0.224 e. The molecule has 0 spiro atoms. The molecule has 0 aliphatic heterocycles. The SMILES string of the molecule is CC1=CCC(Cl)(c2nc(C(F)(F)F)nn2-c2ccc(S(C)(=O)=O)cc2)C=C1. The van der Waals surface area contributed by atoms with Gasteiger partial charge in [0.05, 0.1) is 10.6 Å². The van der Waals surface area contributed by atoms with Gasteiger partial charge in [0.2, 0.25) is 0 Å². The molecule has 1 atom stereocenters. The number of aromatic nitrogens is 3. The summed E-state index contributed by atoms with van der Waals surface area (Å²) in [4.78, 5) is 2.39. The van der Waals surface area contributed by atoms with Crippen molar-refractivity contribution in [3.05, 3.63) is 59.7 Å². The van der Waals surface area contributed by atoms with E-state index in [1.807, 2.05) is 6.92 Å². The van der Waals surface area contributed by atoms with Crippen molar-refractivity contribution in [1.82, 2.24) is 14.8 Å². The van der Waals surface area contributed by atoms with E-state index in [0.717, 1.165) is 16.5 Å². The van der Waals surface area contributed by atoms with Crippen LogP contribution in [0.2, 0.25) is 0 Å². The lowest BCUT2D eigenvalue weighted by molar-refractivity contribution is -0.144. The Kier molecular flexibility index (Phi) is 4.72. The minimum Gasteiger partial charge on any atom is -0.224 e. The van der Waals surface area contributed by atoms with E-state index < -0.39 is 26.7 Å². The lowest BCUT2D eigenvalue weighted by atomic mass is 9.95. The molecule has 27 heavy (non-hydrogen) atoms. The molecule has 0 bridgehead atoms. The third-order valence-corrected chi connectivity index (χ3v) is 5.65. The number of nitrogens with zero attached hydrogens (tertiary/aromatic N) is 3. The molecular weight excluding hydrogens is 403 g/mol. The molecule has 0 fully saturated rings. The zero-order valence-electron chi connectivity index (χ0n) is 14.3. The summed E-state index contributed by atoms with van der Waals surface area (Å²) >= 11 is 6.57. The molecule has 144 valence electrons. The number of halogens is 4. The van der Waals surface area contributed by atoms with Crippen LogP contribution in [0.25, 0.3) is 5.69 Å². The summed E-state index contributed by atoms with van der Waals surface area (Å²) in [5.41, 5.74) is 1.16. The minimum atomic E-state index is -4.75. The highest BCUT2D eigenvalue weighted by Crippen LogP contribution is 2.39. The van der Waals surface area contributed by atoms with Crippen molar-refractivity contribution in [3.8, 4) is 5.69 Å². The summed E-state index contributed by atoms with van der Waals surface area (Å²) in [5.74, 6) is -1.41. The first-order valence-corrected chi connectivity index (χ1v) is 10.1. The maximum Gasteiger partial charge on any atom is 0.453 e. The molecule has 1 unspecified atom stereocenters. The van der Waals surface area contributed by atoms with Gasteiger partial charge in [0.15, 0.2) is 15.7 Å². The van der Waals surface area contributed by atoms with Crippen molar-refractivity contribution >= 4 is 21.4 Å². The van der Waals surface area contributed by atoms with Crippen LogP contribution in [0.5, 0.6) is 0 Å². The van der Waals surface area contributed by atoms with Crippen LogP contribution >= 0.6 is 11.6 Å². The zero-order valence-corrected chi connectivity index (χ0v) is 15.9. The summed E-state index contributed by atoms with van der Waals surface area (Å²) in [6, 6.07) is 5.32. The maximum atomic E-state index is 13.2. The quantitative estimate of drug-likeness (QED) is 0.707. The molecule has 10 heteroatoms. The Morgan fingerprint density at radius 2 is 1.85 bits per heavy atom. The number of allylic oxidation sites excluding steroid dienone is 4. The Bertz CT molecular complexity index is 1040. The highest BCUT2D eigenvalue weighted by Gasteiger charge is 2.41. The molecule has 1 aromatic heterocycles. The largest absolute Gasteiger partial charge is 0.453 e. The van der Waals surface area contributed by atoms with E-state index in [9.17, 15) is 21.6 Å². The van der Waals surface area contributed by atoms with E-state index in [4.69, 9.17) is 11.6 Å². The summed E-state index contributed by atoms with van der Waals surface area (Å²) in [6.45, 7) is 1.85. The monoisotopic (exact) mass is 417 g/mol. The van der Waals surface area contributed by atoms with Crippen molar-refractivity contribution in [2.75, 3.05) is 6.26 Å². The molecule has 0 radical (unpaired) electrons. The number of benzene rings is 1. The molecule has 5 nitrogen and oxygen atoms in total. The normalized spacial score (nSPS) is 20.6. The molecule has 2 aromatic rings. The predicted molar refractivity (Wildman–Crippen MR) is 94.5 cm³/mol. The molecule has 0 amide bonds. The second-order valence-electron chi connectivity index (χ2n) is 6.28. The maximum absolute atomic E-state index is 13.2. The molecule has 3 rings (SSSR count). The fourth-order valence-electron chi connectivity index (χ4n) is 2.59. The molecule has 1 aromatic carbocycles. The van der Waals surface area contributed by atoms with Gasteiger partial charge in [0.25, 0.3) is 5.82 Å². The van der Waals surface area contributed by atoms with Gasteiger partial charge in [-0.05, 0) is 37.6 Å². The molecule has 0 N–H and O–H groups in total. The average molecular weight is 418 g/mol. The van der Waals surface area contributed by atoms with E-state index in [-0.39, 0.29) is 22.8 Å². The molecule has 0 saturated carbocycles. The van der Waals surface area contributed by atoms with Gasteiger partial charge in [-0.1, -0.05) is 23.8 Å². The average Bonchev–Trinajstić information content (AvgIpc) is 3.04. The van der Waals surface area contributed by atoms with Crippen molar-refractivity contribution in [2.24, 2.45) is 0 Å². The molecule has 1 heterocycles. The fraction of sp³-hybridized carbons (Fsp3) is 0.294. The summed E-state index contributed by atoms with van der Waals surface area (Å²) in [7, 11) is -3.44. The van der Waals surface area contributed by atoms with Gasteiger partial charge in [0.1, 0.15) is 4.87 Å². The first-order valence-electron chi connectivity index (χ1n) is 7.80. The van der Waals surface area contributed by atoms with Crippen molar-refractivity contribution < 1.29 is 21.6 Å². The first kappa shape index (κ1) is 19.6. The molecular formula is C17H15ClF3N3O2S. The topological polar surface area (TPSA) is 64.8 Å². The zero-order chi connectivity index (χ0) is 20.0. The highest BCUT2D eigenvalue weighted by molar-refractivity contribution is 7.90. The van der Waals surface area contributed by atoms with Crippen molar-refractivity contribution in [3.63, 3.8) is 0 Å². The van der Waals surface area contributed by atoms with Gasteiger partial charge >= 0.3 is 6.18 Å². The van der Waals surface area contributed by atoms with Crippen LogP contribution in [0.15, 0.2) is 53.0 Å². The number of alkyl halides is 4. The Morgan fingerprint density at radius 1 is 1.22 bits per heavy atom. The van der Waals surface area contributed by atoms with Gasteiger partial charge in [0, 0.05) is 6.26 Å². The van der Waals surface area contributed by atoms with E-state index in [1.54, 1.807) is 18.2 Å². The van der Waals surface area contributed by atoms with Gasteiger partial charge < -0.3 is 0 Å². The first-order chi connectivity index (χ1) is 12.4. The van der Waals surface area contributed by atoms with Crippen LogP contribution in [0.3, 0.4) is 0 Å². The lowest BCUT2D eigenvalue weighted by Gasteiger charge is -2.24. The Morgan fingerprint density at radius 3 is 2.33 bits per heavy atom. The predicted octanol–water partition coefficient (Wildman–Crippen LogP) is 4.03. The van der Waals surface area contributed by atoms with Crippen LogP contribution in [0.1, 0.15) is 25.0 Å². The molecule has 0 saturated heterocycles. The minimum absolute atomic E-state index is 0.0423. The third kappa shape index (κ3) is 3.93. The van der Waals surface area contributed by atoms with Crippen LogP contribution in [0.4, 0.5) is 13.2 Å². The van der Waals surface area contributed by atoms with Crippen LogP contribution in [0, 0.1) is 0 Å². The number of hydrogen-bond acceptors (Lipinski definition) is 4. The molecule has 1 aliphatic rings. The van der Waals surface area contributed by atoms with Gasteiger partial charge in [-0.3, -0.25) is 0 Å². The van der Waals surface area contributed by atoms with Crippen molar-refractivity contribution in [1.29, 1.82) is 0 Å². The van der Waals surface area contributed by atoms with Crippen molar-refractivity contribution in [2.45, 2.75) is 29.3 Å².